The Balaban J connectivity index is 2.06. The number of hydrogen-bond donors (Lipinski definition) is 2. The fourth-order valence-electron chi connectivity index (χ4n) is 1.74. The van der Waals surface area contributed by atoms with Crippen LogP contribution in [0.1, 0.15) is 31.4 Å². The Morgan fingerprint density at radius 1 is 1.56 bits per heavy atom. The summed E-state index contributed by atoms with van der Waals surface area (Å²) in [6.07, 6.45) is 1.42. The third-order valence-corrected chi connectivity index (χ3v) is 3.26. The average Bonchev–Trinajstić information content (AvgIpc) is 3.08. The molecule has 0 saturated heterocycles. The molecule has 2 rings (SSSR count). The molecule has 0 bridgehead atoms. The van der Waals surface area contributed by atoms with Gasteiger partial charge >= 0.3 is 0 Å². The maximum atomic E-state index is 13.5. The SMILES string of the molecule is COc1ccc(C(C)NC(=O)C2(N)CC2)cc1F. The first kappa shape index (κ1) is 12.8. The summed E-state index contributed by atoms with van der Waals surface area (Å²) in [5.41, 5.74) is 5.76. The monoisotopic (exact) mass is 252 g/mol. The van der Waals surface area contributed by atoms with Crippen molar-refractivity contribution in [1.82, 2.24) is 5.32 Å². The van der Waals surface area contributed by atoms with E-state index in [9.17, 15) is 9.18 Å². The number of nitrogens with one attached hydrogen (secondary N) is 1. The average molecular weight is 252 g/mol. The van der Waals surface area contributed by atoms with Gasteiger partial charge in [0.05, 0.1) is 18.7 Å². The van der Waals surface area contributed by atoms with Crippen molar-refractivity contribution in [2.75, 3.05) is 7.11 Å². The molecule has 0 spiro atoms. The van der Waals surface area contributed by atoms with Crippen LogP contribution in [0.2, 0.25) is 0 Å². The summed E-state index contributed by atoms with van der Waals surface area (Å²) < 4.78 is 18.4. The van der Waals surface area contributed by atoms with Crippen molar-refractivity contribution in [1.29, 1.82) is 0 Å². The topological polar surface area (TPSA) is 64.3 Å². The van der Waals surface area contributed by atoms with E-state index in [0.29, 0.717) is 18.4 Å². The third-order valence-electron chi connectivity index (χ3n) is 3.26. The Hall–Kier alpha value is -1.62. The molecule has 3 N–H and O–H groups in total. The van der Waals surface area contributed by atoms with E-state index in [0.717, 1.165) is 0 Å². The van der Waals surface area contributed by atoms with Crippen molar-refractivity contribution in [3.05, 3.63) is 29.6 Å². The Morgan fingerprint density at radius 3 is 2.72 bits per heavy atom. The normalized spacial score (nSPS) is 18.0. The van der Waals surface area contributed by atoms with Crippen molar-refractivity contribution in [3.8, 4) is 5.75 Å². The summed E-state index contributed by atoms with van der Waals surface area (Å²) in [6, 6.07) is 4.35. The second-order valence-electron chi connectivity index (χ2n) is 4.75. The molecule has 98 valence electrons. The molecule has 1 atom stereocenters. The van der Waals surface area contributed by atoms with Gasteiger partial charge in [-0.1, -0.05) is 6.07 Å². The summed E-state index contributed by atoms with van der Waals surface area (Å²) in [4.78, 5) is 11.8. The predicted molar refractivity (Wildman–Crippen MR) is 65.7 cm³/mol. The molecule has 5 heteroatoms. The molecule has 1 aromatic carbocycles. The van der Waals surface area contributed by atoms with Crippen LogP contribution in [0.3, 0.4) is 0 Å². The number of methoxy groups -OCH3 is 1. The number of carbonyl (C=O) groups excluding carboxylic acids is 1. The van der Waals surface area contributed by atoms with Gasteiger partial charge in [0.25, 0.3) is 0 Å². The number of benzene rings is 1. The fraction of sp³-hybridized carbons (Fsp3) is 0.462. The molecule has 1 aliphatic rings. The van der Waals surface area contributed by atoms with Gasteiger partial charge in [-0.15, -0.1) is 0 Å². The molecule has 1 fully saturated rings. The number of halogens is 1. The van der Waals surface area contributed by atoms with E-state index in [4.69, 9.17) is 10.5 Å². The van der Waals surface area contributed by atoms with Crippen LogP contribution in [-0.4, -0.2) is 18.6 Å². The van der Waals surface area contributed by atoms with Gasteiger partial charge in [0.15, 0.2) is 11.6 Å². The molecule has 1 amide bonds. The van der Waals surface area contributed by atoms with Crippen molar-refractivity contribution in [2.24, 2.45) is 5.73 Å². The van der Waals surface area contributed by atoms with Crippen LogP contribution in [0.15, 0.2) is 18.2 Å². The molecular weight excluding hydrogens is 235 g/mol. The number of rotatable bonds is 4. The van der Waals surface area contributed by atoms with Gasteiger partial charge in [0.1, 0.15) is 0 Å². The van der Waals surface area contributed by atoms with Crippen LogP contribution >= 0.6 is 0 Å². The highest BCUT2D eigenvalue weighted by Gasteiger charge is 2.46. The van der Waals surface area contributed by atoms with Crippen molar-refractivity contribution in [3.63, 3.8) is 0 Å². The van der Waals surface area contributed by atoms with E-state index < -0.39 is 11.4 Å². The van der Waals surface area contributed by atoms with E-state index in [2.05, 4.69) is 5.32 Å². The Labute approximate surface area is 105 Å². The number of carbonyl (C=O) groups is 1. The smallest absolute Gasteiger partial charge is 0.240 e. The second-order valence-corrected chi connectivity index (χ2v) is 4.75. The van der Waals surface area contributed by atoms with Crippen LogP contribution < -0.4 is 15.8 Å². The summed E-state index contributed by atoms with van der Waals surface area (Å²) in [5.74, 6) is -0.425. The Bertz CT molecular complexity index is 472. The second kappa shape index (κ2) is 4.57. The Kier molecular flexibility index (Phi) is 3.26. The highest BCUT2D eigenvalue weighted by Crippen LogP contribution is 2.33. The lowest BCUT2D eigenvalue weighted by atomic mass is 10.1. The van der Waals surface area contributed by atoms with Crippen LogP contribution in [0.4, 0.5) is 4.39 Å². The van der Waals surface area contributed by atoms with Crippen molar-refractivity contribution >= 4 is 5.91 Å². The van der Waals surface area contributed by atoms with Gasteiger partial charge in [0, 0.05) is 0 Å². The van der Waals surface area contributed by atoms with E-state index >= 15 is 0 Å². The number of nitrogens with two attached hydrogens (primary N) is 1. The lowest BCUT2D eigenvalue weighted by molar-refractivity contribution is -0.123. The summed E-state index contributed by atoms with van der Waals surface area (Å²) >= 11 is 0. The predicted octanol–water partition coefficient (Wildman–Crippen LogP) is 1.50. The maximum absolute atomic E-state index is 13.5. The zero-order valence-electron chi connectivity index (χ0n) is 10.5. The maximum Gasteiger partial charge on any atom is 0.240 e. The minimum atomic E-state index is -0.709. The first-order valence-corrected chi connectivity index (χ1v) is 5.89. The third kappa shape index (κ3) is 2.46. The molecule has 1 saturated carbocycles. The van der Waals surface area contributed by atoms with Gasteiger partial charge in [-0.2, -0.15) is 0 Å². The largest absolute Gasteiger partial charge is 0.494 e. The van der Waals surface area contributed by atoms with Gasteiger partial charge in [0.2, 0.25) is 5.91 Å². The van der Waals surface area contributed by atoms with Crippen molar-refractivity contribution < 1.29 is 13.9 Å². The van der Waals surface area contributed by atoms with Crippen LogP contribution in [0.5, 0.6) is 5.75 Å². The van der Waals surface area contributed by atoms with Crippen molar-refractivity contribution in [2.45, 2.75) is 31.3 Å². The Morgan fingerprint density at radius 2 is 2.22 bits per heavy atom. The van der Waals surface area contributed by atoms with Gasteiger partial charge < -0.3 is 15.8 Å². The molecule has 4 nitrogen and oxygen atoms in total. The van der Waals surface area contributed by atoms with E-state index in [1.54, 1.807) is 19.1 Å². The lowest BCUT2D eigenvalue weighted by Gasteiger charge is -2.17. The minimum Gasteiger partial charge on any atom is -0.494 e. The zero-order chi connectivity index (χ0) is 13.3. The van der Waals surface area contributed by atoms with E-state index in [-0.39, 0.29) is 17.7 Å². The molecule has 0 aliphatic heterocycles. The van der Waals surface area contributed by atoms with E-state index in [1.807, 2.05) is 0 Å². The van der Waals surface area contributed by atoms with Crippen LogP contribution in [0, 0.1) is 5.82 Å². The minimum absolute atomic E-state index is 0.175. The molecule has 1 aliphatic carbocycles. The highest BCUT2D eigenvalue weighted by atomic mass is 19.1. The van der Waals surface area contributed by atoms with Crippen LogP contribution in [0.25, 0.3) is 0 Å². The van der Waals surface area contributed by atoms with Crippen LogP contribution in [-0.2, 0) is 4.79 Å². The number of ether oxygens (including phenoxy) is 1. The molecule has 1 aromatic rings. The zero-order valence-corrected chi connectivity index (χ0v) is 10.5. The quantitative estimate of drug-likeness (QED) is 0.853. The first-order valence-electron chi connectivity index (χ1n) is 5.89. The molecule has 0 heterocycles. The van der Waals surface area contributed by atoms with E-state index in [1.165, 1.54) is 13.2 Å². The first-order chi connectivity index (χ1) is 8.46. The molecular formula is C13H17FN2O2. The number of amides is 1. The fourth-order valence-corrected chi connectivity index (χ4v) is 1.74. The summed E-state index contributed by atoms with van der Waals surface area (Å²) in [7, 11) is 1.41. The molecule has 0 radical (unpaired) electrons. The summed E-state index contributed by atoms with van der Waals surface area (Å²) in [6.45, 7) is 1.80. The van der Waals surface area contributed by atoms with Gasteiger partial charge in [-0.25, -0.2) is 4.39 Å². The molecule has 1 unspecified atom stereocenters. The molecule has 18 heavy (non-hydrogen) atoms. The van der Waals surface area contributed by atoms with Gasteiger partial charge in [-0.05, 0) is 37.5 Å². The lowest BCUT2D eigenvalue weighted by Crippen LogP contribution is -2.43. The molecule has 0 aromatic heterocycles. The number of hydrogen-bond acceptors (Lipinski definition) is 3. The summed E-state index contributed by atoms with van der Waals surface area (Å²) in [5, 5.41) is 2.79. The standard InChI is InChI=1S/C13H17FN2O2/c1-8(16-12(17)13(15)5-6-13)9-3-4-11(18-2)10(14)7-9/h3-4,7-8H,5-6,15H2,1-2H3,(H,16,17). The highest BCUT2D eigenvalue weighted by molar-refractivity contribution is 5.89. The van der Waals surface area contributed by atoms with Gasteiger partial charge in [-0.3, -0.25) is 4.79 Å².